The molecule has 0 bridgehead atoms. The largest absolute Gasteiger partial charge is 0.447 e. The van der Waals surface area contributed by atoms with Crippen molar-refractivity contribution in [3.8, 4) is 0 Å². The lowest BCUT2D eigenvalue weighted by Crippen LogP contribution is -2.23. The first-order valence-corrected chi connectivity index (χ1v) is 5.31. The van der Waals surface area contributed by atoms with Gasteiger partial charge in [-0.1, -0.05) is 0 Å². The first-order chi connectivity index (χ1) is 8.58. The maximum Gasteiger partial charge on any atom is 0.419 e. The number of aryl methyl sites for hydroxylation is 1. The molecule has 0 atom stereocenters. The van der Waals surface area contributed by atoms with E-state index in [0.717, 1.165) is 4.57 Å². The molecule has 1 fully saturated rings. The molecule has 2 heterocycles. The number of oxazole rings is 1. The van der Waals surface area contributed by atoms with E-state index in [9.17, 15) is 14.0 Å². The second-order valence-corrected chi connectivity index (χ2v) is 3.97. The highest BCUT2D eigenvalue weighted by Crippen LogP contribution is 2.26. The summed E-state index contributed by atoms with van der Waals surface area (Å²) in [4.78, 5) is 24.0. The van der Waals surface area contributed by atoms with Crippen LogP contribution in [0.25, 0.3) is 11.1 Å². The highest BCUT2D eigenvalue weighted by atomic mass is 19.1. The van der Waals surface area contributed by atoms with Gasteiger partial charge in [-0.3, -0.25) is 9.47 Å². The molecule has 6 nitrogen and oxygen atoms in total. The second kappa shape index (κ2) is 3.59. The lowest BCUT2D eigenvalue weighted by molar-refractivity contribution is 0.181. The summed E-state index contributed by atoms with van der Waals surface area (Å²) in [5.74, 6) is -1.26. The molecule has 7 heteroatoms. The fraction of sp³-hybridized carbons (Fsp3) is 0.273. The lowest BCUT2D eigenvalue weighted by atomic mass is 10.2. The Balaban J connectivity index is 2.21. The van der Waals surface area contributed by atoms with Crippen molar-refractivity contribution in [2.45, 2.75) is 0 Å². The van der Waals surface area contributed by atoms with Crippen LogP contribution in [0.2, 0.25) is 0 Å². The van der Waals surface area contributed by atoms with E-state index in [1.54, 1.807) is 0 Å². The third-order valence-electron chi connectivity index (χ3n) is 2.89. The van der Waals surface area contributed by atoms with E-state index in [0.29, 0.717) is 12.2 Å². The standard InChI is InChI=1S/C11H9FN2O4/c1-13-9-7(12)4-6(5-8(9)18-10(13)15)14-2-3-17-11(14)16/h4-5H,2-3H2,1H3. The smallest absolute Gasteiger partial charge is 0.419 e. The zero-order chi connectivity index (χ0) is 12.9. The minimum absolute atomic E-state index is 0.0799. The minimum Gasteiger partial charge on any atom is -0.447 e. The summed E-state index contributed by atoms with van der Waals surface area (Å²) in [6.07, 6.45) is -0.535. The summed E-state index contributed by atoms with van der Waals surface area (Å²) < 4.78 is 24.7. The van der Waals surface area contributed by atoms with Crippen molar-refractivity contribution in [2.75, 3.05) is 18.1 Å². The quantitative estimate of drug-likeness (QED) is 0.765. The average Bonchev–Trinajstić information content (AvgIpc) is 2.84. The van der Waals surface area contributed by atoms with Crippen LogP contribution in [0.4, 0.5) is 14.9 Å². The average molecular weight is 252 g/mol. The number of hydrogen-bond acceptors (Lipinski definition) is 4. The summed E-state index contributed by atoms with van der Waals surface area (Å²) in [7, 11) is 1.42. The van der Waals surface area contributed by atoms with Crippen LogP contribution in [0.5, 0.6) is 0 Å². The molecule has 0 N–H and O–H groups in total. The molecule has 2 aromatic rings. The molecule has 0 spiro atoms. The summed E-state index contributed by atoms with van der Waals surface area (Å²) in [6, 6.07) is 2.64. The zero-order valence-corrected chi connectivity index (χ0v) is 9.47. The highest BCUT2D eigenvalue weighted by molar-refractivity contribution is 5.92. The number of ether oxygens (including phenoxy) is 1. The van der Waals surface area contributed by atoms with E-state index >= 15 is 0 Å². The number of carbonyl (C=O) groups excluding carboxylic acids is 1. The summed E-state index contributed by atoms with van der Waals surface area (Å²) in [5, 5.41) is 0. The Hall–Kier alpha value is -2.31. The van der Waals surface area contributed by atoms with Gasteiger partial charge in [-0.15, -0.1) is 0 Å². The highest BCUT2D eigenvalue weighted by Gasteiger charge is 2.25. The van der Waals surface area contributed by atoms with Crippen LogP contribution in [-0.2, 0) is 11.8 Å². The Morgan fingerprint density at radius 2 is 2.11 bits per heavy atom. The van der Waals surface area contributed by atoms with Gasteiger partial charge < -0.3 is 9.15 Å². The first-order valence-electron chi connectivity index (χ1n) is 5.31. The van der Waals surface area contributed by atoms with Crippen molar-refractivity contribution in [1.29, 1.82) is 0 Å². The van der Waals surface area contributed by atoms with E-state index in [1.807, 2.05) is 0 Å². The predicted octanol–water partition coefficient (Wildman–Crippen LogP) is 1.23. The fourth-order valence-corrected chi connectivity index (χ4v) is 2.00. The number of nitrogens with zero attached hydrogens (tertiary/aromatic N) is 2. The van der Waals surface area contributed by atoms with Crippen LogP contribution in [-0.4, -0.2) is 23.8 Å². The number of anilines is 1. The molecule has 0 saturated carbocycles. The van der Waals surface area contributed by atoms with Gasteiger partial charge in [0, 0.05) is 19.2 Å². The third kappa shape index (κ3) is 1.40. The normalized spacial score (nSPS) is 15.4. The van der Waals surface area contributed by atoms with Gasteiger partial charge in [0.15, 0.2) is 11.4 Å². The van der Waals surface area contributed by atoms with Crippen molar-refractivity contribution < 1.29 is 18.3 Å². The maximum atomic E-state index is 13.9. The maximum absolute atomic E-state index is 13.9. The number of aromatic nitrogens is 1. The van der Waals surface area contributed by atoms with E-state index in [4.69, 9.17) is 9.15 Å². The Kier molecular flexibility index (Phi) is 2.16. The van der Waals surface area contributed by atoms with Crippen LogP contribution in [0.15, 0.2) is 21.3 Å². The first kappa shape index (κ1) is 10.8. The summed E-state index contributed by atoms with van der Waals surface area (Å²) >= 11 is 0. The van der Waals surface area contributed by atoms with Crippen LogP contribution in [0, 0.1) is 5.82 Å². The molecule has 1 aromatic carbocycles. The van der Waals surface area contributed by atoms with Crippen molar-refractivity contribution in [2.24, 2.45) is 7.05 Å². The number of hydrogen-bond donors (Lipinski definition) is 0. The Bertz CT molecular complexity index is 703. The monoisotopic (exact) mass is 252 g/mol. The van der Waals surface area contributed by atoms with Gasteiger partial charge in [0.05, 0.1) is 12.2 Å². The van der Waals surface area contributed by atoms with Crippen molar-refractivity contribution >= 4 is 22.9 Å². The minimum atomic E-state index is -0.648. The summed E-state index contributed by atoms with van der Waals surface area (Å²) in [6.45, 7) is 0.609. The molecule has 1 aromatic heterocycles. The molecule has 18 heavy (non-hydrogen) atoms. The molecular weight excluding hydrogens is 243 g/mol. The number of fused-ring (bicyclic) bond motifs is 1. The molecule has 0 radical (unpaired) electrons. The number of carbonyl (C=O) groups is 1. The van der Waals surface area contributed by atoms with E-state index in [2.05, 4.69) is 0 Å². The van der Waals surface area contributed by atoms with Crippen molar-refractivity contribution in [3.05, 3.63) is 28.5 Å². The zero-order valence-electron chi connectivity index (χ0n) is 9.47. The molecule has 94 valence electrons. The SMILES string of the molecule is Cn1c(=O)oc2cc(N3CCOC3=O)cc(F)c21. The number of benzene rings is 1. The van der Waals surface area contributed by atoms with Crippen LogP contribution in [0.1, 0.15) is 0 Å². The number of cyclic esters (lactones) is 1. The predicted molar refractivity (Wildman–Crippen MR) is 60.1 cm³/mol. The Morgan fingerprint density at radius 3 is 2.78 bits per heavy atom. The van der Waals surface area contributed by atoms with Gasteiger partial charge in [-0.2, -0.15) is 0 Å². The third-order valence-corrected chi connectivity index (χ3v) is 2.89. The van der Waals surface area contributed by atoms with Crippen LogP contribution >= 0.6 is 0 Å². The van der Waals surface area contributed by atoms with Gasteiger partial charge in [0.1, 0.15) is 12.1 Å². The Labute approximate surface area is 100 Å². The van der Waals surface area contributed by atoms with Gasteiger partial charge >= 0.3 is 11.8 Å². The molecule has 3 rings (SSSR count). The molecule has 0 aliphatic carbocycles. The van der Waals surface area contributed by atoms with Gasteiger partial charge in [0.25, 0.3) is 0 Å². The summed E-state index contributed by atoms with van der Waals surface area (Å²) in [5.41, 5.74) is 0.505. The molecule has 1 saturated heterocycles. The number of amides is 1. The molecule has 1 aliphatic heterocycles. The van der Waals surface area contributed by atoms with Crippen molar-refractivity contribution in [3.63, 3.8) is 0 Å². The number of rotatable bonds is 1. The molecule has 1 amide bonds. The fourth-order valence-electron chi connectivity index (χ4n) is 2.00. The molecular formula is C11H9FN2O4. The Morgan fingerprint density at radius 1 is 1.33 bits per heavy atom. The second-order valence-electron chi connectivity index (χ2n) is 3.97. The van der Waals surface area contributed by atoms with Gasteiger partial charge in [0.2, 0.25) is 0 Å². The van der Waals surface area contributed by atoms with Gasteiger partial charge in [-0.05, 0) is 0 Å². The molecule has 0 unspecified atom stereocenters. The van der Waals surface area contributed by atoms with Crippen LogP contribution in [0.3, 0.4) is 0 Å². The van der Waals surface area contributed by atoms with E-state index < -0.39 is 17.7 Å². The topological polar surface area (TPSA) is 64.7 Å². The van der Waals surface area contributed by atoms with Gasteiger partial charge in [-0.25, -0.2) is 14.0 Å². The molecule has 1 aliphatic rings. The van der Waals surface area contributed by atoms with E-state index in [1.165, 1.54) is 24.1 Å². The van der Waals surface area contributed by atoms with E-state index in [-0.39, 0.29) is 17.7 Å². The lowest BCUT2D eigenvalue weighted by Gasteiger charge is -2.12. The van der Waals surface area contributed by atoms with Crippen LogP contribution < -0.4 is 10.7 Å². The van der Waals surface area contributed by atoms with Crippen molar-refractivity contribution in [1.82, 2.24) is 4.57 Å². The number of halogens is 1.